The number of anilines is 2. The maximum Gasteiger partial charge on any atom is 0.175 e. The summed E-state index contributed by atoms with van der Waals surface area (Å²) in [7, 11) is 0. The number of hydrogen-bond acceptors (Lipinski definition) is 10. The van der Waals surface area contributed by atoms with Gasteiger partial charge in [-0.3, -0.25) is 0 Å². The van der Waals surface area contributed by atoms with Crippen molar-refractivity contribution in [3.05, 3.63) is 24.2 Å². The number of nitrogens with zero attached hydrogens (tertiary/aromatic N) is 5. The summed E-state index contributed by atoms with van der Waals surface area (Å²) >= 11 is 1.51. The molecule has 4 aliphatic heterocycles. The predicted molar refractivity (Wildman–Crippen MR) is 125 cm³/mol. The number of ether oxygens (including phenoxy) is 2. The molecule has 0 unspecified atom stereocenters. The van der Waals surface area contributed by atoms with Gasteiger partial charge in [0, 0.05) is 37.3 Å². The van der Waals surface area contributed by atoms with Gasteiger partial charge in [0.15, 0.2) is 17.4 Å². The van der Waals surface area contributed by atoms with Gasteiger partial charge in [-0.05, 0) is 31.7 Å². The van der Waals surface area contributed by atoms with Gasteiger partial charge >= 0.3 is 0 Å². The van der Waals surface area contributed by atoms with E-state index in [0.717, 1.165) is 72.8 Å². The molecule has 33 heavy (non-hydrogen) atoms. The smallest absolute Gasteiger partial charge is 0.175 e. The van der Waals surface area contributed by atoms with E-state index in [9.17, 15) is 5.11 Å². The maximum absolute atomic E-state index is 10.1. The second-order valence-electron chi connectivity index (χ2n) is 9.47. The van der Waals surface area contributed by atoms with E-state index in [4.69, 9.17) is 25.2 Å². The lowest BCUT2D eigenvalue weighted by Gasteiger charge is -2.41. The lowest BCUT2D eigenvalue weighted by molar-refractivity contribution is 0.131. The second kappa shape index (κ2) is 8.57. The molecule has 2 aromatic rings. The molecule has 0 aromatic carbocycles. The zero-order chi connectivity index (χ0) is 22.4. The number of aromatic nitrogens is 3. The minimum atomic E-state index is -0.151. The molecule has 3 saturated heterocycles. The molecular formula is C23H30N6O3S. The van der Waals surface area contributed by atoms with E-state index < -0.39 is 0 Å². The molecule has 0 saturated carbocycles. The van der Waals surface area contributed by atoms with Gasteiger partial charge in [-0.15, -0.1) is 0 Å². The van der Waals surface area contributed by atoms with Gasteiger partial charge in [0.2, 0.25) is 0 Å². The molecule has 4 aliphatic rings. The number of rotatable bonds is 4. The topological polar surface area (TPSA) is 110 Å². The molecule has 3 fully saturated rings. The first-order chi connectivity index (χ1) is 16.2. The minimum Gasteiger partial charge on any atom is -0.486 e. The van der Waals surface area contributed by atoms with Gasteiger partial charge in [0.1, 0.15) is 17.3 Å². The van der Waals surface area contributed by atoms with Gasteiger partial charge in [0.05, 0.1) is 37.0 Å². The van der Waals surface area contributed by atoms with E-state index in [1.165, 1.54) is 18.2 Å². The Morgan fingerprint density at radius 1 is 1.18 bits per heavy atom. The molecule has 9 nitrogen and oxygen atoms in total. The molecule has 0 amide bonds. The summed E-state index contributed by atoms with van der Waals surface area (Å²) < 4.78 is 11.8. The van der Waals surface area contributed by atoms with E-state index >= 15 is 0 Å². The highest BCUT2D eigenvalue weighted by molar-refractivity contribution is 7.99. The van der Waals surface area contributed by atoms with E-state index in [0.29, 0.717) is 24.9 Å². The van der Waals surface area contributed by atoms with E-state index in [-0.39, 0.29) is 18.1 Å². The van der Waals surface area contributed by atoms with Crippen molar-refractivity contribution in [2.24, 2.45) is 11.1 Å². The predicted octanol–water partition coefficient (Wildman–Crippen LogP) is 1.82. The number of aliphatic hydroxyl groups excluding tert-OH is 1. The fourth-order valence-corrected chi connectivity index (χ4v) is 6.45. The maximum atomic E-state index is 10.1. The molecular weight excluding hydrogens is 440 g/mol. The lowest BCUT2D eigenvalue weighted by Crippen LogP contribution is -2.49. The summed E-state index contributed by atoms with van der Waals surface area (Å²) in [5, 5.41) is 10.8. The van der Waals surface area contributed by atoms with Crippen molar-refractivity contribution in [2.45, 2.75) is 54.3 Å². The number of hydrogen-bond donors (Lipinski definition) is 2. The number of nitrogens with two attached hydrogens (primary N) is 1. The average molecular weight is 471 g/mol. The number of fused-ring (bicyclic) bond motifs is 3. The standard InChI is InChI=1S/C23H30N6O3S/c24-18-13-31-14-23(18)4-8-28(9-5-23)21-16(11-30)27-19(10-26-21)33-17-3-6-25-22-20(17)32-12-15-2-1-7-29(15)22/h3,6,10,15,18,30H,1-2,4-5,7-9,11-14,24H2/t15-,18-/m1/s1. The van der Waals surface area contributed by atoms with Crippen molar-refractivity contribution >= 4 is 23.4 Å². The van der Waals surface area contributed by atoms with Crippen molar-refractivity contribution in [2.75, 3.05) is 49.3 Å². The van der Waals surface area contributed by atoms with Gasteiger partial charge in [0.25, 0.3) is 0 Å². The van der Waals surface area contributed by atoms with Crippen molar-refractivity contribution in [1.29, 1.82) is 0 Å². The molecule has 10 heteroatoms. The van der Waals surface area contributed by atoms with Crippen LogP contribution in [0.1, 0.15) is 31.4 Å². The fraction of sp³-hybridized carbons (Fsp3) is 0.609. The molecule has 0 aliphatic carbocycles. The van der Waals surface area contributed by atoms with Crippen molar-refractivity contribution in [1.82, 2.24) is 15.0 Å². The fourth-order valence-electron chi connectivity index (χ4n) is 5.59. The molecule has 2 atom stereocenters. The SMILES string of the molecule is N[C@@H]1COCC12CCN(c1ncc(Sc3ccnc4c3OC[C@H]3CCCN43)nc1CO)CC2. The summed E-state index contributed by atoms with van der Waals surface area (Å²) in [6, 6.07) is 2.50. The largest absolute Gasteiger partial charge is 0.486 e. The first-order valence-electron chi connectivity index (χ1n) is 11.8. The van der Waals surface area contributed by atoms with E-state index in [1.807, 2.05) is 12.3 Å². The molecule has 6 rings (SSSR count). The van der Waals surface area contributed by atoms with Crippen molar-refractivity contribution in [3.8, 4) is 5.75 Å². The Hall–Kier alpha value is -2.14. The number of pyridine rings is 1. The molecule has 176 valence electrons. The van der Waals surface area contributed by atoms with Crippen LogP contribution in [0.2, 0.25) is 0 Å². The second-order valence-corrected chi connectivity index (χ2v) is 10.5. The zero-order valence-corrected chi connectivity index (χ0v) is 19.5. The summed E-state index contributed by atoms with van der Waals surface area (Å²) in [5.74, 6) is 2.52. The van der Waals surface area contributed by atoms with Gasteiger partial charge < -0.3 is 30.1 Å². The first kappa shape index (κ1) is 21.4. The highest BCUT2D eigenvalue weighted by atomic mass is 32.2. The third-order valence-corrected chi connectivity index (χ3v) is 8.56. The Morgan fingerprint density at radius 3 is 2.85 bits per heavy atom. The van der Waals surface area contributed by atoms with Gasteiger partial charge in [-0.2, -0.15) is 0 Å². The molecule has 1 spiro atoms. The summed E-state index contributed by atoms with van der Waals surface area (Å²) in [6.45, 7) is 4.65. The summed E-state index contributed by atoms with van der Waals surface area (Å²) in [5.41, 5.74) is 7.00. The first-order valence-corrected chi connectivity index (χ1v) is 12.6. The quantitative estimate of drug-likeness (QED) is 0.687. The highest BCUT2D eigenvalue weighted by Gasteiger charge is 2.44. The Bertz CT molecular complexity index is 1030. The zero-order valence-electron chi connectivity index (χ0n) is 18.7. The summed E-state index contributed by atoms with van der Waals surface area (Å²) in [4.78, 5) is 19.6. The monoisotopic (exact) mass is 470 g/mol. The van der Waals surface area contributed by atoms with Crippen LogP contribution in [0.25, 0.3) is 0 Å². The Kier molecular flexibility index (Phi) is 5.56. The highest BCUT2D eigenvalue weighted by Crippen LogP contribution is 2.44. The van der Waals surface area contributed by atoms with Crippen LogP contribution in [0.15, 0.2) is 28.4 Å². The van der Waals surface area contributed by atoms with E-state index in [2.05, 4.69) is 14.8 Å². The van der Waals surface area contributed by atoms with Crippen molar-refractivity contribution in [3.63, 3.8) is 0 Å². The Labute approximate surface area is 197 Å². The summed E-state index contributed by atoms with van der Waals surface area (Å²) in [6.07, 6.45) is 7.89. The molecule has 3 N–H and O–H groups in total. The number of aliphatic hydroxyl groups is 1. The average Bonchev–Trinajstić information content (AvgIpc) is 3.47. The van der Waals surface area contributed by atoms with Crippen LogP contribution >= 0.6 is 11.8 Å². The van der Waals surface area contributed by atoms with Crippen LogP contribution in [0.4, 0.5) is 11.6 Å². The third kappa shape index (κ3) is 3.73. The van der Waals surface area contributed by atoms with Crippen LogP contribution in [0.5, 0.6) is 5.75 Å². The van der Waals surface area contributed by atoms with Crippen LogP contribution in [0, 0.1) is 5.41 Å². The molecule has 2 aromatic heterocycles. The van der Waals surface area contributed by atoms with E-state index in [1.54, 1.807) is 6.20 Å². The van der Waals surface area contributed by atoms with Crippen LogP contribution in [-0.4, -0.2) is 71.6 Å². The van der Waals surface area contributed by atoms with Crippen LogP contribution < -0.4 is 20.3 Å². The minimum absolute atomic E-state index is 0.0773. The Balaban J connectivity index is 1.21. The normalized spacial score (nSPS) is 25.8. The van der Waals surface area contributed by atoms with Crippen LogP contribution in [0.3, 0.4) is 0 Å². The van der Waals surface area contributed by atoms with Crippen molar-refractivity contribution < 1.29 is 14.6 Å². The molecule has 0 bridgehead atoms. The van der Waals surface area contributed by atoms with Gasteiger partial charge in [-0.25, -0.2) is 15.0 Å². The molecule has 6 heterocycles. The van der Waals surface area contributed by atoms with Gasteiger partial charge in [-0.1, -0.05) is 11.8 Å². The Morgan fingerprint density at radius 2 is 2.06 bits per heavy atom. The number of piperidine rings is 1. The molecule has 0 radical (unpaired) electrons. The van der Waals surface area contributed by atoms with Crippen LogP contribution in [-0.2, 0) is 11.3 Å². The third-order valence-electron chi connectivity index (χ3n) is 7.62. The lowest BCUT2D eigenvalue weighted by atomic mass is 9.75.